The smallest absolute Gasteiger partial charge is 0.293 e. The summed E-state index contributed by atoms with van der Waals surface area (Å²) in [4.78, 5) is 26.4. The highest BCUT2D eigenvalue weighted by Crippen LogP contribution is 2.25. The lowest BCUT2D eigenvalue weighted by Crippen LogP contribution is -2.16. The third-order valence-corrected chi connectivity index (χ3v) is 4.70. The fourth-order valence-corrected chi connectivity index (χ4v) is 3.03. The van der Waals surface area contributed by atoms with Gasteiger partial charge < -0.3 is 0 Å². The molecule has 12 heteroatoms. The number of nitro groups is 1. The molecule has 0 saturated carbocycles. The lowest BCUT2D eigenvalue weighted by Gasteiger charge is -2.06. The van der Waals surface area contributed by atoms with Gasteiger partial charge in [-0.05, 0) is 19.1 Å². The van der Waals surface area contributed by atoms with Crippen LogP contribution >= 0.6 is 23.2 Å². The number of aromatic nitrogens is 5. The van der Waals surface area contributed by atoms with Crippen LogP contribution < -0.4 is 5.32 Å². The monoisotopic (exact) mass is 423 g/mol. The zero-order chi connectivity index (χ0) is 20.3. The Hall–Kier alpha value is -2.98. The van der Waals surface area contributed by atoms with Crippen LogP contribution in [0.3, 0.4) is 0 Å². The molecule has 3 rings (SSSR count). The van der Waals surface area contributed by atoms with E-state index in [0.717, 1.165) is 6.20 Å². The van der Waals surface area contributed by atoms with E-state index in [1.807, 2.05) is 0 Å². The molecule has 2 heterocycles. The van der Waals surface area contributed by atoms with Crippen LogP contribution in [0.1, 0.15) is 17.7 Å². The number of hydrogen-bond acceptors (Lipinski definition) is 6. The Bertz CT molecular complexity index is 1010. The summed E-state index contributed by atoms with van der Waals surface area (Å²) in [6.07, 6.45) is 2.68. The first-order chi connectivity index (χ1) is 13.3. The Morgan fingerprint density at radius 1 is 1.32 bits per heavy atom. The van der Waals surface area contributed by atoms with Crippen molar-refractivity contribution < 1.29 is 9.72 Å². The van der Waals surface area contributed by atoms with Gasteiger partial charge in [0.15, 0.2) is 0 Å². The highest BCUT2D eigenvalue weighted by Gasteiger charge is 2.17. The largest absolute Gasteiger partial charge is 0.309 e. The first kappa shape index (κ1) is 19.8. The molecule has 0 aliphatic heterocycles. The number of carbonyl (C=O) groups excluding carboxylic acids is 1. The summed E-state index contributed by atoms with van der Waals surface area (Å²) in [5.41, 5.74) is 1.00. The second-order valence-electron chi connectivity index (χ2n) is 5.86. The van der Waals surface area contributed by atoms with E-state index < -0.39 is 4.92 Å². The molecule has 0 aliphatic carbocycles. The zero-order valence-corrected chi connectivity index (χ0v) is 16.2. The highest BCUT2D eigenvalue weighted by atomic mass is 35.5. The van der Waals surface area contributed by atoms with Crippen LogP contribution in [-0.4, -0.2) is 35.4 Å². The van der Waals surface area contributed by atoms with Gasteiger partial charge in [0, 0.05) is 22.0 Å². The average molecular weight is 424 g/mol. The van der Waals surface area contributed by atoms with Gasteiger partial charge in [0.25, 0.3) is 0 Å². The minimum atomic E-state index is -0.513. The van der Waals surface area contributed by atoms with Crippen molar-refractivity contribution in [3.8, 4) is 0 Å². The maximum atomic E-state index is 12.1. The summed E-state index contributed by atoms with van der Waals surface area (Å²) < 4.78 is 2.91. The number of anilines is 1. The van der Waals surface area contributed by atoms with Gasteiger partial charge in [-0.15, -0.1) is 5.10 Å². The van der Waals surface area contributed by atoms with Crippen molar-refractivity contribution in [2.75, 3.05) is 5.32 Å². The fraction of sp³-hybridized carbons (Fsp3) is 0.250. The maximum Gasteiger partial charge on any atom is 0.309 e. The number of nitrogens with one attached hydrogen (secondary N) is 1. The molecule has 0 bridgehead atoms. The molecule has 2 aromatic heterocycles. The summed E-state index contributed by atoms with van der Waals surface area (Å²) in [7, 11) is 0. The van der Waals surface area contributed by atoms with Crippen molar-refractivity contribution in [3.63, 3.8) is 0 Å². The normalized spacial score (nSPS) is 10.8. The van der Waals surface area contributed by atoms with Crippen LogP contribution in [0, 0.1) is 17.0 Å². The maximum absolute atomic E-state index is 12.1. The van der Waals surface area contributed by atoms with Crippen LogP contribution in [0.25, 0.3) is 0 Å². The van der Waals surface area contributed by atoms with E-state index in [1.165, 1.54) is 15.7 Å². The van der Waals surface area contributed by atoms with Crippen molar-refractivity contribution in [3.05, 3.63) is 62.1 Å². The van der Waals surface area contributed by atoms with Gasteiger partial charge in [-0.2, -0.15) is 5.10 Å². The van der Waals surface area contributed by atoms with Gasteiger partial charge >= 0.3 is 5.69 Å². The topological polar surface area (TPSA) is 121 Å². The third kappa shape index (κ3) is 4.46. The van der Waals surface area contributed by atoms with Gasteiger partial charge in [0.05, 0.1) is 18.0 Å². The molecule has 0 unspecified atom stereocenters. The van der Waals surface area contributed by atoms with Crippen LogP contribution in [0.4, 0.5) is 11.6 Å². The lowest BCUT2D eigenvalue weighted by atomic mass is 10.2. The summed E-state index contributed by atoms with van der Waals surface area (Å²) in [6.45, 7) is 2.07. The minimum absolute atomic E-state index is 0.0601. The van der Waals surface area contributed by atoms with E-state index in [9.17, 15) is 14.9 Å². The Morgan fingerprint density at radius 2 is 2.04 bits per heavy atom. The molecule has 1 aromatic carbocycles. The van der Waals surface area contributed by atoms with Crippen LogP contribution in [0.2, 0.25) is 10.0 Å². The number of nitrogens with zero attached hydrogens (tertiary/aromatic N) is 6. The Morgan fingerprint density at radius 3 is 2.68 bits per heavy atom. The summed E-state index contributed by atoms with van der Waals surface area (Å²) in [6, 6.07) is 5.20. The number of carbonyl (C=O) groups is 1. The number of aryl methyl sites for hydroxylation is 1. The Balaban J connectivity index is 1.58. The molecule has 28 heavy (non-hydrogen) atoms. The van der Waals surface area contributed by atoms with Crippen LogP contribution in [-0.2, 0) is 17.9 Å². The summed E-state index contributed by atoms with van der Waals surface area (Å²) >= 11 is 12.3. The number of hydrogen-bond donors (Lipinski definition) is 1. The van der Waals surface area contributed by atoms with Gasteiger partial charge in [0.2, 0.25) is 11.9 Å². The van der Waals surface area contributed by atoms with Gasteiger partial charge in [0.1, 0.15) is 18.2 Å². The average Bonchev–Trinajstić information content (AvgIpc) is 3.23. The van der Waals surface area contributed by atoms with E-state index >= 15 is 0 Å². The molecular weight excluding hydrogens is 409 g/mol. The number of rotatable bonds is 7. The van der Waals surface area contributed by atoms with E-state index in [4.69, 9.17) is 23.2 Å². The van der Waals surface area contributed by atoms with Gasteiger partial charge in [-0.1, -0.05) is 29.3 Å². The third-order valence-electron chi connectivity index (χ3n) is 3.99. The molecule has 10 nitrogen and oxygen atoms in total. The second kappa shape index (κ2) is 8.36. The molecule has 0 aliphatic rings. The quantitative estimate of drug-likeness (QED) is 0.460. The van der Waals surface area contributed by atoms with Gasteiger partial charge in [-0.3, -0.25) is 24.9 Å². The number of benzene rings is 1. The van der Waals surface area contributed by atoms with E-state index in [-0.39, 0.29) is 30.5 Å². The van der Waals surface area contributed by atoms with Gasteiger partial charge in [-0.25, -0.2) is 9.67 Å². The Kier molecular flexibility index (Phi) is 5.90. The van der Waals surface area contributed by atoms with E-state index in [0.29, 0.717) is 27.8 Å². The molecule has 0 fully saturated rings. The minimum Gasteiger partial charge on any atom is -0.293 e. The molecule has 0 radical (unpaired) electrons. The molecule has 1 N–H and O–H groups in total. The number of halogens is 2. The summed E-state index contributed by atoms with van der Waals surface area (Å²) in [5, 5.41) is 22.5. The SMILES string of the molecule is Cc1c([N+](=O)[O-])cnn1CCC(=O)Nc1ncn(Cc2c(Cl)cccc2Cl)n1. The highest BCUT2D eigenvalue weighted by molar-refractivity contribution is 6.35. The molecule has 146 valence electrons. The second-order valence-corrected chi connectivity index (χ2v) is 6.67. The molecule has 0 saturated heterocycles. The number of amides is 1. The zero-order valence-electron chi connectivity index (χ0n) is 14.7. The van der Waals surface area contributed by atoms with E-state index in [1.54, 1.807) is 25.1 Å². The molecular formula is C16H15Cl2N7O3. The lowest BCUT2D eigenvalue weighted by molar-refractivity contribution is -0.385. The molecule has 0 spiro atoms. The first-order valence-corrected chi connectivity index (χ1v) is 8.89. The van der Waals surface area contributed by atoms with Crippen molar-refractivity contribution >= 4 is 40.7 Å². The molecule has 1 amide bonds. The Labute approximate surface area is 169 Å². The molecule has 0 atom stereocenters. The van der Waals surface area contributed by atoms with Crippen molar-refractivity contribution in [1.29, 1.82) is 0 Å². The fourth-order valence-electron chi connectivity index (χ4n) is 2.51. The predicted molar refractivity (Wildman–Crippen MR) is 102 cm³/mol. The van der Waals surface area contributed by atoms with Crippen molar-refractivity contribution in [2.24, 2.45) is 0 Å². The first-order valence-electron chi connectivity index (χ1n) is 8.14. The molecule has 3 aromatic rings. The predicted octanol–water partition coefficient (Wildman–Crippen LogP) is 3.08. The standard InChI is InChI=1S/C16H15Cl2N7O3/c1-10-14(25(27)28)7-20-24(10)6-5-15(26)21-16-19-9-23(22-16)8-11-12(17)3-2-4-13(11)18/h2-4,7,9H,5-6,8H2,1H3,(H,21,22,26). The van der Waals surface area contributed by atoms with E-state index in [2.05, 4.69) is 20.5 Å². The van der Waals surface area contributed by atoms with Crippen molar-refractivity contribution in [1.82, 2.24) is 24.5 Å². The summed E-state index contributed by atoms with van der Waals surface area (Å²) in [5.74, 6) is -0.206. The van der Waals surface area contributed by atoms with Crippen LogP contribution in [0.15, 0.2) is 30.7 Å². The van der Waals surface area contributed by atoms with Crippen molar-refractivity contribution in [2.45, 2.75) is 26.4 Å². The van der Waals surface area contributed by atoms with Crippen LogP contribution in [0.5, 0.6) is 0 Å².